The number of nitro benzene ring substituents is 1. The number of hydrogen-bond donors (Lipinski definition) is 2. The summed E-state index contributed by atoms with van der Waals surface area (Å²) in [6, 6.07) is 4.98. The first-order chi connectivity index (χ1) is 9.42. The Labute approximate surface area is 114 Å². The average Bonchev–Trinajstić information content (AvgIpc) is 2.45. The van der Waals surface area contributed by atoms with Gasteiger partial charge in [-0.05, 0) is 12.1 Å². The van der Waals surface area contributed by atoms with Crippen LogP contribution in [0.1, 0.15) is 28.4 Å². The highest BCUT2D eigenvalue weighted by Crippen LogP contribution is 2.29. The molecule has 0 spiro atoms. The maximum atomic E-state index is 11.3. The molecule has 106 valence electrons. The molecule has 20 heavy (non-hydrogen) atoms. The van der Waals surface area contributed by atoms with Crippen molar-refractivity contribution in [2.24, 2.45) is 0 Å². The Hall–Kier alpha value is -2.50. The molecule has 2 unspecified atom stereocenters. The number of nitro groups is 1. The van der Waals surface area contributed by atoms with Crippen LogP contribution in [-0.2, 0) is 4.74 Å². The minimum Gasteiger partial charge on any atom is -0.465 e. The van der Waals surface area contributed by atoms with Gasteiger partial charge in [-0.2, -0.15) is 5.26 Å². The van der Waals surface area contributed by atoms with Crippen LogP contribution in [0.3, 0.4) is 0 Å². The Morgan fingerprint density at radius 3 is 2.70 bits per heavy atom. The van der Waals surface area contributed by atoms with Gasteiger partial charge >= 0.3 is 5.97 Å². The lowest BCUT2D eigenvalue weighted by molar-refractivity contribution is -0.386. The van der Waals surface area contributed by atoms with Crippen molar-refractivity contribution in [3.8, 4) is 6.07 Å². The van der Waals surface area contributed by atoms with E-state index in [-0.39, 0.29) is 17.5 Å². The lowest BCUT2D eigenvalue weighted by atomic mass is 9.99. The van der Waals surface area contributed by atoms with Crippen LogP contribution in [0.25, 0.3) is 0 Å². The fourth-order valence-electron chi connectivity index (χ4n) is 1.61. The molecule has 8 nitrogen and oxygen atoms in total. The van der Waals surface area contributed by atoms with Gasteiger partial charge in [-0.3, -0.25) is 10.1 Å². The second-order valence-corrected chi connectivity index (χ2v) is 3.90. The number of carbonyl (C=O) groups excluding carboxylic acids is 1. The molecular weight excluding hydrogens is 268 g/mol. The predicted molar refractivity (Wildman–Crippen MR) is 65.6 cm³/mol. The van der Waals surface area contributed by atoms with Crippen LogP contribution in [-0.4, -0.2) is 34.3 Å². The molecule has 0 saturated carbocycles. The van der Waals surface area contributed by atoms with E-state index in [4.69, 9.17) is 5.26 Å². The molecule has 0 aliphatic rings. The molecule has 0 aromatic heterocycles. The van der Waals surface area contributed by atoms with Gasteiger partial charge in [-0.25, -0.2) is 4.79 Å². The van der Waals surface area contributed by atoms with E-state index in [1.54, 1.807) is 6.07 Å². The first-order valence-electron chi connectivity index (χ1n) is 5.52. The van der Waals surface area contributed by atoms with Crippen molar-refractivity contribution < 1.29 is 24.7 Å². The summed E-state index contributed by atoms with van der Waals surface area (Å²) < 4.78 is 4.44. The first kappa shape index (κ1) is 15.6. The monoisotopic (exact) mass is 280 g/mol. The van der Waals surface area contributed by atoms with Gasteiger partial charge in [-0.15, -0.1) is 0 Å². The standard InChI is InChI=1S/C12H12N2O6/c1-20-12(17)7-2-3-8(9(6-7)14(18)19)11(16)10(15)4-5-13/h2-3,6,10-11,15-16H,4H2,1H3. The zero-order chi connectivity index (χ0) is 15.3. The molecule has 0 aliphatic heterocycles. The van der Waals surface area contributed by atoms with Gasteiger partial charge in [0.05, 0.1) is 41.8 Å². The Morgan fingerprint density at radius 2 is 2.20 bits per heavy atom. The van der Waals surface area contributed by atoms with E-state index in [1.807, 2.05) is 0 Å². The Balaban J connectivity index is 3.24. The SMILES string of the molecule is COC(=O)c1ccc(C(O)C(O)CC#N)c([N+](=O)[O-])c1. The average molecular weight is 280 g/mol. The van der Waals surface area contributed by atoms with Gasteiger partial charge in [0.25, 0.3) is 5.69 Å². The summed E-state index contributed by atoms with van der Waals surface area (Å²) in [6.07, 6.45) is -3.43. The molecule has 0 bridgehead atoms. The van der Waals surface area contributed by atoms with E-state index in [1.165, 1.54) is 6.07 Å². The third-order valence-corrected chi connectivity index (χ3v) is 2.63. The second kappa shape index (κ2) is 6.60. The summed E-state index contributed by atoms with van der Waals surface area (Å²) in [7, 11) is 1.13. The molecule has 0 radical (unpaired) electrons. The summed E-state index contributed by atoms with van der Waals surface area (Å²) in [4.78, 5) is 21.5. The van der Waals surface area contributed by atoms with Gasteiger partial charge < -0.3 is 14.9 Å². The quantitative estimate of drug-likeness (QED) is 0.460. The van der Waals surface area contributed by atoms with Gasteiger partial charge in [0.1, 0.15) is 6.10 Å². The van der Waals surface area contributed by atoms with Crippen molar-refractivity contribution in [1.29, 1.82) is 5.26 Å². The normalized spacial score (nSPS) is 13.1. The third-order valence-electron chi connectivity index (χ3n) is 2.63. The molecule has 1 aromatic carbocycles. The van der Waals surface area contributed by atoms with Gasteiger partial charge in [0.15, 0.2) is 0 Å². The smallest absolute Gasteiger partial charge is 0.338 e. The van der Waals surface area contributed by atoms with Crippen molar-refractivity contribution >= 4 is 11.7 Å². The number of nitrogens with zero attached hydrogens (tertiary/aromatic N) is 2. The van der Waals surface area contributed by atoms with Crippen LogP contribution in [0.5, 0.6) is 0 Å². The largest absolute Gasteiger partial charge is 0.465 e. The molecule has 0 aliphatic carbocycles. The van der Waals surface area contributed by atoms with E-state index in [0.29, 0.717) is 0 Å². The summed E-state index contributed by atoms with van der Waals surface area (Å²) >= 11 is 0. The Morgan fingerprint density at radius 1 is 1.55 bits per heavy atom. The number of aliphatic hydroxyl groups excluding tert-OH is 2. The van der Waals surface area contributed by atoms with Gasteiger partial charge in [0.2, 0.25) is 0 Å². The number of hydrogen-bond acceptors (Lipinski definition) is 7. The maximum Gasteiger partial charge on any atom is 0.338 e. The van der Waals surface area contributed by atoms with Crippen molar-refractivity contribution in [1.82, 2.24) is 0 Å². The van der Waals surface area contributed by atoms with E-state index < -0.39 is 28.8 Å². The van der Waals surface area contributed by atoms with Crippen LogP contribution < -0.4 is 0 Å². The summed E-state index contributed by atoms with van der Waals surface area (Å²) in [5.41, 5.74) is -0.757. The van der Waals surface area contributed by atoms with E-state index >= 15 is 0 Å². The fraction of sp³-hybridized carbons (Fsp3) is 0.333. The molecule has 0 saturated heterocycles. The number of methoxy groups -OCH3 is 1. The minimum absolute atomic E-state index is 0.0510. The van der Waals surface area contributed by atoms with Gasteiger partial charge in [0, 0.05) is 6.07 Å². The zero-order valence-corrected chi connectivity index (χ0v) is 10.5. The number of ether oxygens (including phenoxy) is 1. The number of benzene rings is 1. The summed E-state index contributed by atoms with van der Waals surface area (Å²) in [6.45, 7) is 0. The minimum atomic E-state index is -1.60. The van der Waals surface area contributed by atoms with Gasteiger partial charge in [-0.1, -0.05) is 0 Å². The number of esters is 1. The Kier molecular flexibility index (Phi) is 5.14. The maximum absolute atomic E-state index is 11.3. The van der Waals surface area contributed by atoms with Crippen molar-refractivity contribution in [2.75, 3.05) is 7.11 Å². The topological polar surface area (TPSA) is 134 Å². The second-order valence-electron chi connectivity index (χ2n) is 3.90. The number of carbonyl (C=O) groups is 1. The summed E-state index contributed by atoms with van der Waals surface area (Å²) in [5.74, 6) is -0.758. The van der Waals surface area contributed by atoms with E-state index in [2.05, 4.69) is 4.74 Å². The highest BCUT2D eigenvalue weighted by atomic mass is 16.6. The fourth-order valence-corrected chi connectivity index (χ4v) is 1.61. The highest BCUT2D eigenvalue weighted by Gasteiger charge is 2.27. The third kappa shape index (κ3) is 3.28. The molecule has 8 heteroatoms. The molecule has 2 atom stereocenters. The molecule has 1 aromatic rings. The zero-order valence-electron chi connectivity index (χ0n) is 10.5. The predicted octanol–water partition coefficient (Wildman–Crippen LogP) is 0.689. The van der Waals surface area contributed by atoms with Crippen molar-refractivity contribution in [3.05, 3.63) is 39.4 Å². The Bertz CT molecular complexity index is 566. The molecular formula is C12H12N2O6. The van der Waals surface area contributed by atoms with E-state index in [0.717, 1.165) is 19.2 Å². The van der Waals surface area contributed by atoms with E-state index in [9.17, 15) is 25.1 Å². The molecule has 0 amide bonds. The van der Waals surface area contributed by atoms with Crippen molar-refractivity contribution in [2.45, 2.75) is 18.6 Å². The molecule has 0 heterocycles. The van der Waals surface area contributed by atoms with Crippen LogP contribution in [0.4, 0.5) is 5.69 Å². The van der Waals surface area contributed by atoms with Crippen LogP contribution in [0, 0.1) is 21.4 Å². The summed E-state index contributed by atoms with van der Waals surface area (Å²) in [5, 5.41) is 38.7. The van der Waals surface area contributed by atoms with Crippen LogP contribution >= 0.6 is 0 Å². The lowest BCUT2D eigenvalue weighted by Gasteiger charge is -2.15. The number of rotatable bonds is 5. The van der Waals surface area contributed by atoms with Crippen molar-refractivity contribution in [3.63, 3.8) is 0 Å². The highest BCUT2D eigenvalue weighted by molar-refractivity contribution is 5.90. The van der Waals surface area contributed by atoms with Crippen LogP contribution in [0.15, 0.2) is 18.2 Å². The molecule has 1 rings (SSSR count). The van der Waals surface area contributed by atoms with Crippen LogP contribution in [0.2, 0.25) is 0 Å². The molecule has 0 fully saturated rings. The number of nitriles is 1. The first-order valence-corrected chi connectivity index (χ1v) is 5.52. The molecule has 2 N–H and O–H groups in total. The lowest BCUT2D eigenvalue weighted by Crippen LogP contribution is -2.19. The number of aliphatic hydroxyl groups is 2.